The lowest BCUT2D eigenvalue weighted by Gasteiger charge is -2.07. The zero-order chi connectivity index (χ0) is 13.4. The Balaban J connectivity index is 2.17. The molecule has 0 aliphatic carbocycles. The number of benzene rings is 1. The highest BCUT2D eigenvalue weighted by Gasteiger charge is 2.00. The van der Waals surface area contributed by atoms with Gasteiger partial charge in [0.15, 0.2) is 0 Å². The molecule has 0 aliphatic heterocycles. The van der Waals surface area contributed by atoms with E-state index >= 15 is 0 Å². The van der Waals surface area contributed by atoms with Crippen LogP contribution in [0.2, 0.25) is 0 Å². The highest BCUT2D eigenvalue weighted by Crippen LogP contribution is 2.03. The molecule has 1 aromatic rings. The highest BCUT2D eigenvalue weighted by atomic mass is 16.2. The number of carbonyl (C=O) groups excluding carboxylic acids is 2. The SMILES string of the molecule is CC(=O)CCNC(=O)NCCc1cccc(C)c1. The molecule has 4 heteroatoms. The molecule has 0 radical (unpaired) electrons. The lowest BCUT2D eigenvalue weighted by atomic mass is 10.1. The molecule has 2 amide bonds. The monoisotopic (exact) mass is 248 g/mol. The van der Waals surface area contributed by atoms with Crippen molar-refractivity contribution in [3.05, 3.63) is 35.4 Å². The van der Waals surface area contributed by atoms with Crippen molar-refractivity contribution in [3.63, 3.8) is 0 Å². The van der Waals surface area contributed by atoms with Gasteiger partial charge in [-0.15, -0.1) is 0 Å². The Labute approximate surface area is 108 Å². The summed E-state index contributed by atoms with van der Waals surface area (Å²) < 4.78 is 0. The molecular formula is C14H20N2O2. The number of hydrogen-bond donors (Lipinski definition) is 2. The van der Waals surface area contributed by atoms with Gasteiger partial charge in [-0.1, -0.05) is 29.8 Å². The normalized spacial score (nSPS) is 9.89. The minimum atomic E-state index is -0.219. The van der Waals surface area contributed by atoms with Crippen molar-refractivity contribution >= 4 is 11.8 Å². The number of urea groups is 1. The molecule has 0 saturated carbocycles. The van der Waals surface area contributed by atoms with Crippen LogP contribution in [0.4, 0.5) is 4.79 Å². The van der Waals surface area contributed by atoms with Crippen LogP contribution in [0.3, 0.4) is 0 Å². The summed E-state index contributed by atoms with van der Waals surface area (Å²) in [6.45, 7) is 4.55. The minimum absolute atomic E-state index is 0.0788. The van der Waals surface area contributed by atoms with Crippen LogP contribution in [0.1, 0.15) is 24.5 Å². The number of hydrogen-bond acceptors (Lipinski definition) is 2. The smallest absolute Gasteiger partial charge is 0.314 e. The van der Waals surface area contributed by atoms with E-state index < -0.39 is 0 Å². The van der Waals surface area contributed by atoms with Crippen LogP contribution in [0.25, 0.3) is 0 Å². The van der Waals surface area contributed by atoms with E-state index in [1.165, 1.54) is 18.1 Å². The van der Waals surface area contributed by atoms with Crippen LogP contribution in [0, 0.1) is 6.92 Å². The summed E-state index contributed by atoms with van der Waals surface area (Å²) >= 11 is 0. The molecule has 0 spiro atoms. The molecule has 98 valence electrons. The average molecular weight is 248 g/mol. The van der Waals surface area contributed by atoms with Crippen molar-refractivity contribution in [1.29, 1.82) is 0 Å². The molecule has 0 aliphatic rings. The number of amides is 2. The molecule has 0 bridgehead atoms. The van der Waals surface area contributed by atoms with Gasteiger partial charge in [0.2, 0.25) is 0 Å². The Morgan fingerprint density at radius 2 is 1.89 bits per heavy atom. The first-order chi connectivity index (χ1) is 8.58. The summed E-state index contributed by atoms with van der Waals surface area (Å²) in [5, 5.41) is 5.40. The molecule has 0 saturated heterocycles. The molecule has 4 nitrogen and oxygen atoms in total. The van der Waals surface area contributed by atoms with Crippen LogP contribution in [-0.4, -0.2) is 24.9 Å². The topological polar surface area (TPSA) is 58.2 Å². The van der Waals surface area contributed by atoms with Crippen LogP contribution < -0.4 is 10.6 Å². The second-order valence-corrected chi connectivity index (χ2v) is 4.37. The summed E-state index contributed by atoms with van der Waals surface area (Å²) in [5.74, 6) is 0.0788. The quantitative estimate of drug-likeness (QED) is 0.806. The molecule has 0 aromatic heterocycles. The van der Waals surface area contributed by atoms with Crippen molar-refractivity contribution in [2.75, 3.05) is 13.1 Å². The molecule has 1 rings (SSSR count). The van der Waals surface area contributed by atoms with Gasteiger partial charge in [-0.05, 0) is 25.8 Å². The predicted molar refractivity (Wildman–Crippen MR) is 71.6 cm³/mol. The predicted octanol–water partition coefficient (Wildman–Crippen LogP) is 1.82. The standard InChI is InChI=1S/C14H20N2O2/c1-11-4-3-5-13(10-11)7-9-16-14(18)15-8-6-12(2)17/h3-5,10H,6-9H2,1-2H3,(H2,15,16,18). The Hall–Kier alpha value is -1.84. The van der Waals surface area contributed by atoms with E-state index in [0.717, 1.165) is 6.42 Å². The first-order valence-corrected chi connectivity index (χ1v) is 6.14. The summed E-state index contributed by atoms with van der Waals surface area (Å²) in [6, 6.07) is 7.99. The van der Waals surface area contributed by atoms with E-state index in [2.05, 4.69) is 16.7 Å². The molecule has 0 atom stereocenters. The maximum Gasteiger partial charge on any atom is 0.314 e. The molecule has 1 aromatic carbocycles. The van der Waals surface area contributed by atoms with Gasteiger partial charge in [0.1, 0.15) is 5.78 Å². The number of nitrogens with one attached hydrogen (secondary N) is 2. The molecule has 2 N–H and O–H groups in total. The van der Waals surface area contributed by atoms with E-state index in [-0.39, 0.29) is 11.8 Å². The van der Waals surface area contributed by atoms with E-state index in [9.17, 15) is 9.59 Å². The molecule has 18 heavy (non-hydrogen) atoms. The summed E-state index contributed by atoms with van der Waals surface area (Å²) in [4.78, 5) is 22.0. The van der Waals surface area contributed by atoms with Gasteiger partial charge < -0.3 is 10.6 Å². The zero-order valence-corrected chi connectivity index (χ0v) is 11.0. The van der Waals surface area contributed by atoms with E-state index in [1.54, 1.807) is 0 Å². The minimum Gasteiger partial charge on any atom is -0.338 e. The number of rotatable bonds is 6. The molecular weight excluding hydrogens is 228 g/mol. The first-order valence-electron chi connectivity index (χ1n) is 6.14. The van der Waals surface area contributed by atoms with Gasteiger partial charge in [-0.2, -0.15) is 0 Å². The van der Waals surface area contributed by atoms with E-state index in [1.807, 2.05) is 25.1 Å². The fraction of sp³-hybridized carbons (Fsp3) is 0.429. The summed E-state index contributed by atoms with van der Waals surface area (Å²) in [7, 11) is 0. The summed E-state index contributed by atoms with van der Waals surface area (Å²) in [6.07, 6.45) is 1.19. The van der Waals surface area contributed by atoms with Gasteiger partial charge >= 0.3 is 6.03 Å². The average Bonchev–Trinajstić information content (AvgIpc) is 2.28. The largest absolute Gasteiger partial charge is 0.338 e. The van der Waals surface area contributed by atoms with Gasteiger partial charge in [0.05, 0.1) is 0 Å². The molecule has 0 heterocycles. The number of aryl methyl sites for hydroxylation is 1. The van der Waals surface area contributed by atoms with Crippen molar-refractivity contribution in [3.8, 4) is 0 Å². The Morgan fingerprint density at radius 1 is 1.17 bits per heavy atom. The van der Waals surface area contributed by atoms with Gasteiger partial charge in [-0.3, -0.25) is 4.79 Å². The zero-order valence-electron chi connectivity index (χ0n) is 11.0. The van der Waals surface area contributed by atoms with Crippen LogP contribution in [0.15, 0.2) is 24.3 Å². The van der Waals surface area contributed by atoms with E-state index in [0.29, 0.717) is 19.5 Å². The third-order valence-electron chi connectivity index (χ3n) is 2.54. The van der Waals surface area contributed by atoms with Gasteiger partial charge in [0.25, 0.3) is 0 Å². The van der Waals surface area contributed by atoms with Crippen molar-refractivity contribution < 1.29 is 9.59 Å². The van der Waals surface area contributed by atoms with Gasteiger partial charge in [0, 0.05) is 19.5 Å². The highest BCUT2D eigenvalue weighted by molar-refractivity contribution is 5.77. The lowest BCUT2D eigenvalue weighted by molar-refractivity contribution is -0.116. The number of ketones is 1. The third kappa shape index (κ3) is 6.03. The van der Waals surface area contributed by atoms with Crippen molar-refractivity contribution in [1.82, 2.24) is 10.6 Å². The first kappa shape index (κ1) is 14.2. The maximum atomic E-state index is 11.3. The fourth-order valence-electron chi connectivity index (χ4n) is 1.60. The van der Waals surface area contributed by atoms with E-state index in [4.69, 9.17) is 0 Å². The Bertz CT molecular complexity index is 416. The third-order valence-corrected chi connectivity index (χ3v) is 2.54. The van der Waals surface area contributed by atoms with Gasteiger partial charge in [-0.25, -0.2) is 4.79 Å². The number of Topliss-reactive ketones (excluding diaryl/α,β-unsaturated/α-hetero) is 1. The molecule has 0 fully saturated rings. The summed E-state index contributed by atoms with van der Waals surface area (Å²) in [5.41, 5.74) is 2.43. The van der Waals surface area contributed by atoms with Crippen LogP contribution in [-0.2, 0) is 11.2 Å². The fourth-order valence-corrected chi connectivity index (χ4v) is 1.60. The van der Waals surface area contributed by atoms with Crippen LogP contribution in [0.5, 0.6) is 0 Å². The van der Waals surface area contributed by atoms with Crippen molar-refractivity contribution in [2.45, 2.75) is 26.7 Å². The maximum absolute atomic E-state index is 11.3. The lowest BCUT2D eigenvalue weighted by Crippen LogP contribution is -2.37. The molecule has 0 unspecified atom stereocenters. The Morgan fingerprint density at radius 3 is 2.56 bits per heavy atom. The second kappa shape index (κ2) is 7.48. The number of carbonyl (C=O) groups is 2. The van der Waals surface area contributed by atoms with Crippen molar-refractivity contribution in [2.24, 2.45) is 0 Å². The second-order valence-electron chi connectivity index (χ2n) is 4.37. The van der Waals surface area contributed by atoms with Crippen LogP contribution >= 0.6 is 0 Å². The Kier molecular flexibility index (Phi) is 5.91.